The number of hydrogen-bond donors (Lipinski definition) is 0. The van der Waals surface area contributed by atoms with Crippen molar-refractivity contribution in [3.63, 3.8) is 0 Å². The van der Waals surface area contributed by atoms with Crippen molar-refractivity contribution in [2.45, 2.75) is 30.6 Å². The van der Waals surface area contributed by atoms with Gasteiger partial charge in [0, 0.05) is 43.7 Å². The quantitative estimate of drug-likeness (QED) is 0.714. The first-order valence-electron chi connectivity index (χ1n) is 9.23. The van der Waals surface area contributed by atoms with Crippen molar-refractivity contribution in [3.8, 4) is 0 Å². The Labute approximate surface area is 164 Å². The largest absolute Gasteiger partial charge is 0.342 e. The van der Waals surface area contributed by atoms with E-state index < -0.39 is 10.0 Å². The molecule has 0 aromatic heterocycles. The number of amides is 1. The van der Waals surface area contributed by atoms with Gasteiger partial charge < -0.3 is 4.90 Å². The minimum absolute atomic E-state index is 0.176. The van der Waals surface area contributed by atoms with E-state index in [4.69, 9.17) is 0 Å². The van der Waals surface area contributed by atoms with Gasteiger partial charge in [-0.15, -0.1) is 0 Å². The van der Waals surface area contributed by atoms with Crippen molar-refractivity contribution < 1.29 is 13.2 Å². The average Bonchev–Trinajstić information content (AvgIpc) is 2.92. The molecule has 0 atom stereocenters. The van der Waals surface area contributed by atoms with Crippen LogP contribution < -0.4 is 0 Å². The van der Waals surface area contributed by atoms with Crippen molar-refractivity contribution in [1.29, 1.82) is 0 Å². The lowest BCUT2D eigenvalue weighted by molar-refractivity contribution is -0.132. The molecule has 2 heterocycles. The molecule has 2 aliphatic rings. The predicted octanol–water partition coefficient (Wildman–Crippen LogP) is 2.16. The van der Waals surface area contributed by atoms with Crippen molar-refractivity contribution in [2.24, 2.45) is 0 Å². The molecular weight excluding hydrogens is 418 g/mol. The second kappa shape index (κ2) is 8.82. The fourth-order valence-electron chi connectivity index (χ4n) is 3.52. The van der Waals surface area contributed by atoms with Gasteiger partial charge in [-0.25, -0.2) is 8.42 Å². The maximum absolute atomic E-state index is 12.8. The third-order valence-corrected chi connectivity index (χ3v) is 7.47. The smallest absolute Gasteiger partial charge is 0.243 e. The summed E-state index contributed by atoms with van der Waals surface area (Å²) in [5.41, 5.74) is 0. The van der Waals surface area contributed by atoms with Gasteiger partial charge in [-0.05, 0) is 31.0 Å². The fraction of sp³-hybridized carbons (Fsp3) is 0.611. The molecule has 0 radical (unpaired) electrons. The number of rotatable bonds is 4. The van der Waals surface area contributed by atoms with E-state index in [1.54, 1.807) is 18.2 Å². The molecule has 0 spiro atoms. The third-order valence-electron chi connectivity index (χ3n) is 5.08. The second-order valence-corrected chi connectivity index (χ2v) is 9.79. The molecular formula is C18H26BrN3O3S. The van der Waals surface area contributed by atoms with Gasteiger partial charge in [-0.3, -0.25) is 9.69 Å². The van der Waals surface area contributed by atoms with E-state index in [-0.39, 0.29) is 5.91 Å². The highest BCUT2D eigenvalue weighted by Crippen LogP contribution is 2.21. The lowest BCUT2D eigenvalue weighted by atomic mass is 10.2. The minimum atomic E-state index is -3.48. The number of nitrogens with zero attached hydrogens (tertiary/aromatic N) is 3. The van der Waals surface area contributed by atoms with E-state index in [9.17, 15) is 13.2 Å². The summed E-state index contributed by atoms with van der Waals surface area (Å²) in [6.07, 6.45) is 4.58. The van der Waals surface area contributed by atoms with E-state index in [2.05, 4.69) is 20.8 Å². The number of halogens is 1. The van der Waals surface area contributed by atoms with Crippen LogP contribution >= 0.6 is 15.9 Å². The standard InChI is InChI=1S/C18H26BrN3O3S/c19-16-6-5-7-17(14-16)26(24,25)22-12-10-20(11-13-22)15-18(23)21-8-3-1-2-4-9-21/h5-7,14H,1-4,8-13,15H2. The zero-order valence-electron chi connectivity index (χ0n) is 14.9. The van der Waals surface area contributed by atoms with Crippen molar-refractivity contribution in [2.75, 3.05) is 45.8 Å². The second-order valence-electron chi connectivity index (χ2n) is 6.93. The molecule has 26 heavy (non-hydrogen) atoms. The summed E-state index contributed by atoms with van der Waals surface area (Å²) in [4.78, 5) is 16.8. The molecule has 2 saturated heterocycles. The summed E-state index contributed by atoms with van der Waals surface area (Å²) in [6, 6.07) is 6.79. The fourth-order valence-corrected chi connectivity index (χ4v) is 5.54. The van der Waals surface area contributed by atoms with Crippen LogP contribution in [0.1, 0.15) is 25.7 Å². The highest BCUT2D eigenvalue weighted by Gasteiger charge is 2.29. The molecule has 1 amide bonds. The number of carbonyl (C=O) groups is 1. The molecule has 6 nitrogen and oxygen atoms in total. The van der Waals surface area contributed by atoms with Crippen LogP contribution in [0.3, 0.4) is 0 Å². The molecule has 0 unspecified atom stereocenters. The molecule has 1 aromatic carbocycles. The monoisotopic (exact) mass is 443 g/mol. The number of hydrogen-bond acceptors (Lipinski definition) is 4. The van der Waals surface area contributed by atoms with Gasteiger partial charge in [0.05, 0.1) is 11.4 Å². The zero-order chi connectivity index (χ0) is 18.6. The highest BCUT2D eigenvalue weighted by atomic mass is 79.9. The van der Waals surface area contributed by atoms with E-state index in [1.165, 1.54) is 17.1 Å². The van der Waals surface area contributed by atoms with Crippen LogP contribution in [0, 0.1) is 0 Å². The summed E-state index contributed by atoms with van der Waals surface area (Å²) in [6.45, 7) is 4.13. The van der Waals surface area contributed by atoms with E-state index >= 15 is 0 Å². The Balaban J connectivity index is 1.54. The molecule has 8 heteroatoms. The molecule has 1 aromatic rings. The van der Waals surface area contributed by atoms with Gasteiger partial charge in [0.15, 0.2) is 0 Å². The maximum Gasteiger partial charge on any atom is 0.243 e. The lowest BCUT2D eigenvalue weighted by Gasteiger charge is -2.34. The average molecular weight is 444 g/mol. The van der Waals surface area contributed by atoms with Gasteiger partial charge in [0.1, 0.15) is 0 Å². The van der Waals surface area contributed by atoms with Gasteiger partial charge in [-0.2, -0.15) is 4.31 Å². The van der Waals surface area contributed by atoms with Gasteiger partial charge in [0.2, 0.25) is 15.9 Å². The molecule has 0 N–H and O–H groups in total. The Morgan fingerprint density at radius 3 is 2.23 bits per heavy atom. The Hall–Kier alpha value is -0.960. The molecule has 144 valence electrons. The van der Waals surface area contributed by atoms with Gasteiger partial charge in [-0.1, -0.05) is 34.8 Å². The molecule has 0 bridgehead atoms. The first-order chi connectivity index (χ1) is 12.5. The number of likely N-dealkylation sites (tertiary alicyclic amines) is 1. The zero-order valence-corrected chi connectivity index (χ0v) is 17.3. The molecule has 3 rings (SSSR count). The number of piperazine rings is 1. The van der Waals surface area contributed by atoms with Crippen molar-refractivity contribution in [1.82, 2.24) is 14.1 Å². The van der Waals surface area contributed by atoms with Crippen LogP contribution in [0.15, 0.2) is 33.6 Å². The Morgan fingerprint density at radius 2 is 1.62 bits per heavy atom. The van der Waals surface area contributed by atoms with Crippen LogP contribution in [0.2, 0.25) is 0 Å². The van der Waals surface area contributed by atoms with Crippen LogP contribution in [-0.4, -0.2) is 74.2 Å². The van der Waals surface area contributed by atoms with Crippen molar-refractivity contribution in [3.05, 3.63) is 28.7 Å². The maximum atomic E-state index is 12.8. The SMILES string of the molecule is O=C(CN1CCN(S(=O)(=O)c2cccc(Br)c2)CC1)N1CCCCCC1. The van der Waals surface area contributed by atoms with Gasteiger partial charge >= 0.3 is 0 Å². The van der Waals surface area contributed by atoms with E-state index in [1.807, 2.05) is 11.0 Å². The normalized spacial score (nSPS) is 20.7. The van der Waals surface area contributed by atoms with Gasteiger partial charge in [0.25, 0.3) is 0 Å². The van der Waals surface area contributed by atoms with Crippen molar-refractivity contribution >= 4 is 31.9 Å². The summed E-state index contributed by atoms with van der Waals surface area (Å²) in [5.74, 6) is 0.176. The Morgan fingerprint density at radius 1 is 0.962 bits per heavy atom. The Kier molecular flexibility index (Phi) is 6.71. The number of benzene rings is 1. The summed E-state index contributed by atoms with van der Waals surface area (Å²) >= 11 is 3.33. The van der Waals surface area contributed by atoms with E-state index in [0.29, 0.717) is 37.6 Å². The Bertz CT molecular complexity index is 725. The topological polar surface area (TPSA) is 60.9 Å². The first-order valence-corrected chi connectivity index (χ1v) is 11.5. The number of sulfonamides is 1. The van der Waals surface area contributed by atoms with Crippen LogP contribution in [0.25, 0.3) is 0 Å². The molecule has 0 aliphatic carbocycles. The lowest BCUT2D eigenvalue weighted by Crippen LogP contribution is -2.51. The molecule has 0 saturated carbocycles. The third kappa shape index (κ3) is 4.85. The first kappa shape index (κ1) is 19.8. The van der Waals surface area contributed by atoms with Crippen LogP contribution in [0.4, 0.5) is 0 Å². The highest BCUT2D eigenvalue weighted by molar-refractivity contribution is 9.10. The van der Waals surface area contributed by atoms with Crippen LogP contribution in [0.5, 0.6) is 0 Å². The summed E-state index contributed by atoms with van der Waals surface area (Å²) < 4.78 is 27.8. The summed E-state index contributed by atoms with van der Waals surface area (Å²) in [5, 5.41) is 0. The van der Waals surface area contributed by atoms with E-state index in [0.717, 1.165) is 30.4 Å². The van der Waals surface area contributed by atoms with Crippen LogP contribution in [-0.2, 0) is 14.8 Å². The summed E-state index contributed by atoms with van der Waals surface area (Å²) in [7, 11) is -3.48. The number of carbonyl (C=O) groups excluding carboxylic acids is 1. The predicted molar refractivity (Wildman–Crippen MR) is 104 cm³/mol. The molecule has 2 fully saturated rings. The molecule has 2 aliphatic heterocycles. The minimum Gasteiger partial charge on any atom is -0.342 e.